The second kappa shape index (κ2) is 7.11. The Kier molecular flexibility index (Phi) is 6.11. The minimum Gasteiger partial charge on any atom is -0.363 e. The summed E-state index contributed by atoms with van der Waals surface area (Å²) in [6.07, 6.45) is -4.92. The van der Waals surface area contributed by atoms with Crippen LogP contribution in [0.2, 0.25) is 0 Å². The molecule has 0 spiro atoms. The standard InChI is InChI=1S/C12H15BrF3NO/c1-2-17-7-11(18-8-12(14,15)16)9-4-3-5-10(13)6-9/h3-6,11,17H,2,7-8H2,1H3. The Morgan fingerprint density at radius 3 is 2.67 bits per heavy atom. The van der Waals surface area contributed by atoms with Crippen LogP contribution >= 0.6 is 15.9 Å². The van der Waals surface area contributed by atoms with Crippen molar-refractivity contribution in [2.24, 2.45) is 0 Å². The number of benzene rings is 1. The number of rotatable bonds is 6. The number of halogens is 4. The van der Waals surface area contributed by atoms with Gasteiger partial charge in [0.15, 0.2) is 0 Å². The molecule has 0 saturated carbocycles. The quantitative estimate of drug-likeness (QED) is 0.861. The smallest absolute Gasteiger partial charge is 0.363 e. The summed E-state index contributed by atoms with van der Waals surface area (Å²) in [5.41, 5.74) is 0.717. The van der Waals surface area contributed by atoms with Crippen molar-refractivity contribution in [1.29, 1.82) is 0 Å². The van der Waals surface area contributed by atoms with E-state index in [1.165, 1.54) is 0 Å². The number of likely N-dealkylation sites (N-methyl/N-ethyl adjacent to an activating group) is 1. The first kappa shape index (κ1) is 15.5. The van der Waals surface area contributed by atoms with E-state index in [2.05, 4.69) is 21.2 Å². The van der Waals surface area contributed by atoms with Crippen molar-refractivity contribution in [3.63, 3.8) is 0 Å². The normalized spacial score (nSPS) is 13.6. The lowest BCUT2D eigenvalue weighted by Crippen LogP contribution is -2.27. The molecule has 1 rings (SSSR count). The molecule has 0 aliphatic carbocycles. The Morgan fingerprint density at radius 1 is 1.39 bits per heavy atom. The SMILES string of the molecule is CCNCC(OCC(F)(F)F)c1cccc(Br)c1. The molecule has 0 saturated heterocycles. The summed E-state index contributed by atoms with van der Waals surface area (Å²) < 4.78 is 42.3. The topological polar surface area (TPSA) is 21.3 Å². The molecule has 102 valence electrons. The fraction of sp³-hybridized carbons (Fsp3) is 0.500. The molecule has 0 fully saturated rings. The molecule has 0 aliphatic rings. The van der Waals surface area contributed by atoms with E-state index in [9.17, 15) is 13.2 Å². The summed E-state index contributed by atoms with van der Waals surface area (Å²) in [5, 5.41) is 2.99. The maximum atomic E-state index is 12.2. The monoisotopic (exact) mass is 325 g/mol. The maximum absolute atomic E-state index is 12.2. The Hall–Kier alpha value is -0.590. The van der Waals surface area contributed by atoms with E-state index in [4.69, 9.17) is 4.74 Å². The van der Waals surface area contributed by atoms with Crippen molar-refractivity contribution in [3.05, 3.63) is 34.3 Å². The van der Waals surface area contributed by atoms with Crippen molar-refractivity contribution in [2.75, 3.05) is 19.7 Å². The molecule has 0 amide bonds. The molecule has 1 atom stereocenters. The zero-order valence-corrected chi connectivity index (χ0v) is 11.5. The van der Waals surface area contributed by atoms with Crippen LogP contribution in [0.15, 0.2) is 28.7 Å². The largest absolute Gasteiger partial charge is 0.411 e. The zero-order chi connectivity index (χ0) is 13.6. The van der Waals surface area contributed by atoms with Gasteiger partial charge < -0.3 is 10.1 Å². The molecule has 18 heavy (non-hydrogen) atoms. The van der Waals surface area contributed by atoms with Gasteiger partial charge in [0.25, 0.3) is 0 Å². The van der Waals surface area contributed by atoms with Gasteiger partial charge in [0, 0.05) is 11.0 Å². The summed E-state index contributed by atoms with van der Waals surface area (Å²) in [4.78, 5) is 0. The predicted octanol–water partition coefficient (Wildman–Crippen LogP) is 3.68. The van der Waals surface area contributed by atoms with Gasteiger partial charge in [0.05, 0.1) is 6.10 Å². The van der Waals surface area contributed by atoms with Crippen LogP contribution in [0, 0.1) is 0 Å². The summed E-state index contributed by atoms with van der Waals surface area (Å²) >= 11 is 3.29. The van der Waals surface area contributed by atoms with Crippen molar-refractivity contribution in [3.8, 4) is 0 Å². The molecule has 1 unspecified atom stereocenters. The third-order valence-corrected chi connectivity index (χ3v) is 2.74. The summed E-state index contributed by atoms with van der Waals surface area (Å²) in [7, 11) is 0. The molecular weight excluding hydrogens is 311 g/mol. The molecule has 6 heteroatoms. The van der Waals surface area contributed by atoms with Crippen molar-refractivity contribution >= 4 is 15.9 Å². The molecule has 1 aromatic rings. The Balaban J connectivity index is 2.71. The van der Waals surface area contributed by atoms with Gasteiger partial charge in [-0.25, -0.2) is 0 Å². The highest BCUT2D eigenvalue weighted by Gasteiger charge is 2.29. The number of nitrogens with one attached hydrogen (secondary N) is 1. The van der Waals surface area contributed by atoms with Crippen molar-refractivity contribution in [2.45, 2.75) is 19.2 Å². The van der Waals surface area contributed by atoms with Crippen molar-refractivity contribution in [1.82, 2.24) is 5.32 Å². The molecule has 1 N–H and O–H groups in total. The fourth-order valence-corrected chi connectivity index (χ4v) is 1.87. The Labute approximate surface area is 113 Å². The summed E-state index contributed by atoms with van der Waals surface area (Å²) in [6, 6.07) is 7.11. The highest BCUT2D eigenvalue weighted by atomic mass is 79.9. The van der Waals surface area contributed by atoms with Gasteiger partial charge in [0.1, 0.15) is 6.61 Å². The molecular formula is C12H15BrF3NO. The number of alkyl halides is 3. The third kappa shape index (κ3) is 5.84. The average Bonchev–Trinajstić information content (AvgIpc) is 2.28. The van der Waals surface area contributed by atoms with Gasteiger partial charge in [0.2, 0.25) is 0 Å². The summed E-state index contributed by atoms with van der Waals surface area (Å²) in [5.74, 6) is 0. The third-order valence-electron chi connectivity index (χ3n) is 2.25. The van der Waals surface area contributed by atoms with Gasteiger partial charge in [-0.1, -0.05) is 35.0 Å². The van der Waals surface area contributed by atoms with E-state index in [1.54, 1.807) is 18.2 Å². The Bertz CT molecular complexity index is 371. The number of hydrogen-bond donors (Lipinski definition) is 1. The molecule has 0 aliphatic heterocycles. The predicted molar refractivity (Wildman–Crippen MR) is 67.4 cm³/mol. The van der Waals surface area contributed by atoms with E-state index >= 15 is 0 Å². The lowest BCUT2D eigenvalue weighted by molar-refractivity contribution is -0.185. The van der Waals surface area contributed by atoms with Gasteiger partial charge >= 0.3 is 6.18 Å². The lowest BCUT2D eigenvalue weighted by Gasteiger charge is -2.20. The molecule has 2 nitrogen and oxygen atoms in total. The highest BCUT2D eigenvalue weighted by Crippen LogP contribution is 2.24. The summed E-state index contributed by atoms with van der Waals surface area (Å²) in [6.45, 7) is 1.68. The molecule has 0 radical (unpaired) electrons. The van der Waals surface area contributed by atoms with Gasteiger partial charge in [-0.15, -0.1) is 0 Å². The van der Waals surface area contributed by atoms with Crippen molar-refractivity contribution < 1.29 is 17.9 Å². The van der Waals surface area contributed by atoms with Gasteiger partial charge in [-0.05, 0) is 24.2 Å². The van der Waals surface area contributed by atoms with Crippen LogP contribution in [0.3, 0.4) is 0 Å². The molecule has 0 heterocycles. The second-order valence-electron chi connectivity index (χ2n) is 3.78. The minimum absolute atomic E-state index is 0.350. The van der Waals surface area contributed by atoms with Crippen LogP contribution < -0.4 is 5.32 Å². The number of ether oxygens (including phenoxy) is 1. The van der Waals surface area contributed by atoms with E-state index in [0.717, 1.165) is 10.0 Å². The van der Waals surface area contributed by atoms with Crippen LogP contribution in [0.1, 0.15) is 18.6 Å². The van der Waals surface area contributed by atoms with Crippen LogP contribution in [0.4, 0.5) is 13.2 Å². The van der Waals surface area contributed by atoms with Crippen LogP contribution in [0.25, 0.3) is 0 Å². The first-order valence-corrected chi connectivity index (χ1v) is 6.36. The fourth-order valence-electron chi connectivity index (χ4n) is 1.45. The molecule has 0 aromatic heterocycles. The van der Waals surface area contributed by atoms with E-state index in [1.807, 2.05) is 13.0 Å². The maximum Gasteiger partial charge on any atom is 0.411 e. The first-order chi connectivity index (χ1) is 8.42. The van der Waals surface area contributed by atoms with Crippen LogP contribution in [-0.4, -0.2) is 25.9 Å². The van der Waals surface area contributed by atoms with Gasteiger partial charge in [-0.2, -0.15) is 13.2 Å². The van der Waals surface area contributed by atoms with E-state index in [0.29, 0.717) is 13.1 Å². The average molecular weight is 326 g/mol. The van der Waals surface area contributed by atoms with E-state index in [-0.39, 0.29) is 0 Å². The van der Waals surface area contributed by atoms with Crippen LogP contribution in [0.5, 0.6) is 0 Å². The zero-order valence-electron chi connectivity index (χ0n) is 9.93. The first-order valence-electron chi connectivity index (χ1n) is 5.57. The highest BCUT2D eigenvalue weighted by molar-refractivity contribution is 9.10. The molecule has 0 bridgehead atoms. The lowest BCUT2D eigenvalue weighted by atomic mass is 10.1. The number of hydrogen-bond acceptors (Lipinski definition) is 2. The van der Waals surface area contributed by atoms with E-state index < -0.39 is 18.9 Å². The second-order valence-corrected chi connectivity index (χ2v) is 4.69. The minimum atomic E-state index is -4.31. The molecule has 1 aromatic carbocycles. The van der Waals surface area contributed by atoms with Crippen LogP contribution in [-0.2, 0) is 4.74 Å². The van der Waals surface area contributed by atoms with Gasteiger partial charge in [-0.3, -0.25) is 0 Å². The Morgan fingerprint density at radius 2 is 2.11 bits per heavy atom.